The number of carboxylic acid groups (broad SMARTS) is 1. The summed E-state index contributed by atoms with van der Waals surface area (Å²) in [4.78, 5) is 10.9. The minimum atomic E-state index is -0.675. The van der Waals surface area contributed by atoms with Gasteiger partial charge in [-0.3, -0.25) is 9.48 Å². The van der Waals surface area contributed by atoms with Crippen LogP contribution in [0.2, 0.25) is 0 Å². The fourth-order valence-electron chi connectivity index (χ4n) is 2.29. The molecule has 1 N–H and O–H groups in total. The van der Waals surface area contributed by atoms with E-state index in [1.807, 2.05) is 20.2 Å². The average molecular weight is 194 g/mol. The largest absolute Gasteiger partial charge is 0.481 e. The molecular weight excluding hydrogens is 180 g/mol. The van der Waals surface area contributed by atoms with Crippen molar-refractivity contribution >= 4 is 5.97 Å². The fourth-order valence-corrected chi connectivity index (χ4v) is 2.29. The summed E-state index contributed by atoms with van der Waals surface area (Å²) in [6.07, 6.45) is 4.61. The van der Waals surface area contributed by atoms with Gasteiger partial charge in [0.2, 0.25) is 0 Å². The predicted octanol–water partition coefficient (Wildman–Crippen LogP) is 1.24. The molecule has 0 spiro atoms. The number of hydrogen-bond donors (Lipinski definition) is 1. The normalized spacial score (nSPS) is 30.3. The summed E-state index contributed by atoms with van der Waals surface area (Å²) in [5.74, 6) is -0.377. The number of aryl methyl sites for hydroxylation is 1. The van der Waals surface area contributed by atoms with Gasteiger partial charge in [-0.25, -0.2) is 0 Å². The van der Waals surface area contributed by atoms with E-state index < -0.39 is 5.97 Å². The number of rotatable bonds is 3. The number of aliphatic carboxylic acids is 1. The molecule has 0 aromatic carbocycles. The highest BCUT2D eigenvalue weighted by Gasteiger charge is 2.54. The number of nitrogens with zero attached hydrogens (tertiary/aromatic N) is 2. The molecule has 76 valence electrons. The third-order valence-corrected chi connectivity index (χ3v) is 3.03. The van der Waals surface area contributed by atoms with Crippen LogP contribution in [-0.2, 0) is 11.8 Å². The molecule has 4 heteroatoms. The molecule has 3 unspecified atom stereocenters. The van der Waals surface area contributed by atoms with Crippen LogP contribution in [0.1, 0.15) is 24.8 Å². The summed E-state index contributed by atoms with van der Waals surface area (Å²) in [5.41, 5.74) is 1.06. The van der Waals surface area contributed by atoms with Crippen molar-refractivity contribution < 1.29 is 9.90 Å². The number of aromatic nitrogens is 2. The topological polar surface area (TPSA) is 55.1 Å². The second kappa shape index (κ2) is 3.12. The van der Waals surface area contributed by atoms with Crippen LogP contribution in [0.25, 0.3) is 0 Å². The van der Waals surface area contributed by atoms with E-state index in [0.29, 0.717) is 5.92 Å². The van der Waals surface area contributed by atoms with Crippen LogP contribution in [0, 0.1) is 11.8 Å². The summed E-state index contributed by atoms with van der Waals surface area (Å²) < 4.78 is 1.72. The monoisotopic (exact) mass is 194 g/mol. The van der Waals surface area contributed by atoms with Crippen LogP contribution < -0.4 is 0 Å². The Hall–Kier alpha value is -1.32. The Morgan fingerprint density at radius 2 is 2.43 bits per heavy atom. The second-order valence-corrected chi connectivity index (χ2v) is 3.91. The molecule has 0 radical (unpaired) electrons. The van der Waals surface area contributed by atoms with Gasteiger partial charge in [-0.15, -0.1) is 0 Å². The third-order valence-electron chi connectivity index (χ3n) is 3.03. The Labute approximate surface area is 82.5 Å². The second-order valence-electron chi connectivity index (χ2n) is 3.91. The number of carboxylic acids is 1. The van der Waals surface area contributed by atoms with Gasteiger partial charge in [-0.05, 0) is 11.5 Å². The third kappa shape index (κ3) is 1.31. The van der Waals surface area contributed by atoms with Gasteiger partial charge in [0.05, 0.1) is 12.1 Å². The highest BCUT2D eigenvalue weighted by molar-refractivity contribution is 5.76. The maximum Gasteiger partial charge on any atom is 0.307 e. The minimum Gasteiger partial charge on any atom is -0.481 e. The molecule has 2 rings (SSSR count). The first-order valence-corrected chi connectivity index (χ1v) is 4.86. The van der Waals surface area contributed by atoms with Crippen LogP contribution in [0.4, 0.5) is 0 Å². The van der Waals surface area contributed by atoms with Crippen LogP contribution >= 0.6 is 0 Å². The van der Waals surface area contributed by atoms with Gasteiger partial charge in [-0.2, -0.15) is 5.10 Å². The van der Waals surface area contributed by atoms with E-state index in [-0.39, 0.29) is 11.8 Å². The smallest absolute Gasteiger partial charge is 0.307 e. The van der Waals surface area contributed by atoms with Crippen LogP contribution in [0.3, 0.4) is 0 Å². The minimum absolute atomic E-state index is 0.186. The molecule has 0 bridgehead atoms. The number of carbonyl (C=O) groups is 1. The molecule has 0 amide bonds. The van der Waals surface area contributed by atoms with Crippen LogP contribution in [0.5, 0.6) is 0 Å². The summed E-state index contributed by atoms with van der Waals surface area (Å²) in [5, 5.41) is 13.0. The Morgan fingerprint density at radius 1 is 1.71 bits per heavy atom. The molecule has 1 heterocycles. The Balaban J connectivity index is 2.17. The molecule has 0 saturated heterocycles. The van der Waals surface area contributed by atoms with Crippen LogP contribution in [-0.4, -0.2) is 20.9 Å². The molecule has 0 aliphatic heterocycles. The zero-order valence-electron chi connectivity index (χ0n) is 8.34. The SMILES string of the molecule is CCC1C(C(=O)O)C1c1cnn(C)c1. The molecule has 1 saturated carbocycles. The van der Waals surface area contributed by atoms with Gasteiger partial charge in [0.25, 0.3) is 0 Å². The van der Waals surface area contributed by atoms with Crippen molar-refractivity contribution in [2.75, 3.05) is 0 Å². The van der Waals surface area contributed by atoms with Crippen molar-refractivity contribution in [3.8, 4) is 0 Å². The van der Waals surface area contributed by atoms with Crippen molar-refractivity contribution in [1.29, 1.82) is 0 Å². The van der Waals surface area contributed by atoms with E-state index in [4.69, 9.17) is 5.11 Å². The Kier molecular flexibility index (Phi) is 2.06. The van der Waals surface area contributed by atoms with Gasteiger partial charge >= 0.3 is 5.97 Å². The van der Waals surface area contributed by atoms with Crippen molar-refractivity contribution in [2.45, 2.75) is 19.3 Å². The van der Waals surface area contributed by atoms with E-state index >= 15 is 0 Å². The summed E-state index contributed by atoms with van der Waals surface area (Å²) in [7, 11) is 1.85. The molecule has 1 aliphatic carbocycles. The van der Waals surface area contributed by atoms with E-state index in [9.17, 15) is 4.79 Å². The standard InChI is InChI=1S/C10H14N2O2/c1-3-7-8(9(7)10(13)14)6-4-11-12(2)5-6/h4-5,7-9H,3H2,1-2H3,(H,13,14). The van der Waals surface area contributed by atoms with E-state index in [0.717, 1.165) is 12.0 Å². The lowest BCUT2D eigenvalue weighted by molar-refractivity contribution is -0.139. The first-order chi connectivity index (χ1) is 6.65. The zero-order chi connectivity index (χ0) is 10.3. The summed E-state index contributed by atoms with van der Waals surface area (Å²) in [6, 6.07) is 0. The van der Waals surface area contributed by atoms with Crippen molar-refractivity contribution in [2.24, 2.45) is 18.9 Å². The first-order valence-electron chi connectivity index (χ1n) is 4.86. The highest BCUT2D eigenvalue weighted by Crippen LogP contribution is 2.55. The maximum atomic E-state index is 10.9. The molecule has 4 nitrogen and oxygen atoms in total. The Morgan fingerprint density at radius 3 is 2.79 bits per heavy atom. The quantitative estimate of drug-likeness (QED) is 0.787. The van der Waals surface area contributed by atoms with Gasteiger partial charge < -0.3 is 5.11 Å². The molecule has 1 fully saturated rings. The molecule has 14 heavy (non-hydrogen) atoms. The van der Waals surface area contributed by atoms with Crippen molar-refractivity contribution in [3.05, 3.63) is 18.0 Å². The number of hydrogen-bond acceptors (Lipinski definition) is 2. The van der Waals surface area contributed by atoms with Gasteiger partial charge in [-0.1, -0.05) is 13.3 Å². The molecule has 1 aromatic rings. The fraction of sp³-hybridized carbons (Fsp3) is 0.600. The van der Waals surface area contributed by atoms with Gasteiger partial charge in [0.1, 0.15) is 0 Å². The average Bonchev–Trinajstić information content (AvgIpc) is 2.74. The molecule has 3 atom stereocenters. The summed E-state index contributed by atoms with van der Waals surface area (Å²) in [6.45, 7) is 2.04. The van der Waals surface area contributed by atoms with Gasteiger partial charge in [0, 0.05) is 19.2 Å². The lowest BCUT2D eigenvalue weighted by atomic mass is 10.2. The van der Waals surface area contributed by atoms with E-state index in [2.05, 4.69) is 5.10 Å². The highest BCUT2D eigenvalue weighted by atomic mass is 16.4. The van der Waals surface area contributed by atoms with E-state index in [1.54, 1.807) is 10.9 Å². The molecule has 1 aromatic heterocycles. The lowest BCUT2D eigenvalue weighted by Crippen LogP contribution is -1.99. The molecular formula is C10H14N2O2. The zero-order valence-corrected chi connectivity index (χ0v) is 8.34. The summed E-state index contributed by atoms with van der Waals surface area (Å²) >= 11 is 0. The van der Waals surface area contributed by atoms with Crippen molar-refractivity contribution in [3.63, 3.8) is 0 Å². The molecule has 1 aliphatic rings. The maximum absolute atomic E-state index is 10.9. The first kappa shape index (κ1) is 9.24. The lowest BCUT2D eigenvalue weighted by Gasteiger charge is -1.90. The van der Waals surface area contributed by atoms with E-state index in [1.165, 1.54) is 0 Å². The van der Waals surface area contributed by atoms with Crippen LogP contribution in [0.15, 0.2) is 12.4 Å². The predicted molar refractivity (Wildman–Crippen MR) is 50.9 cm³/mol. The van der Waals surface area contributed by atoms with Gasteiger partial charge in [0.15, 0.2) is 0 Å². The van der Waals surface area contributed by atoms with Crippen molar-refractivity contribution in [1.82, 2.24) is 9.78 Å². The Bertz CT molecular complexity index is 359.